The highest BCUT2D eigenvalue weighted by atomic mass is 79.9. The first kappa shape index (κ1) is 12.8. The fourth-order valence-corrected chi connectivity index (χ4v) is 2.42. The van der Waals surface area contributed by atoms with E-state index in [1.165, 1.54) is 0 Å². The standard InChI is InChI=1S/C12H16BrNO3/c1-2-17-11-10(5-9(13)6-14-11)12(7-15)3-4-16-8-12/h5-6,15H,2-4,7-8H2,1H3/t12-/m0/s1. The van der Waals surface area contributed by atoms with Crippen LogP contribution in [0.1, 0.15) is 18.9 Å². The summed E-state index contributed by atoms with van der Waals surface area (Å²) < 4.78 is 11.8. The molecule has 1 aliphatic heterocycles. The molecular weight excluding hydrogens is 286 g/mol. The maximum Gasteiger partial charge on any atom is 0.217 e. The average Bonchev–Trinajstić information content (AvgIpc) is 2.81. The van der Waals surface area contributed by atoms with Gasteiger partial charge in [0.1, 0.15) is 0 Å². The molecule has 94 valence electrons. The molecule has 2 heterocycles. The number of halogens is 1. The number of ether oxygens (including phenoxy) is 2. The molecule has 17 heavy (non-hydrogen) atoms. The Hall–Kier alpha value is -0.650. The molecule has 0 saturated carbocycles. The van der Waals surface area contributed by atoms with Crippen LogP contribution in [0.15, 0.2) is 16.7 Å². The van der Waals surface area contributed by atoms with Crippen LogP contribution in [-0.2, 0) is 10.2 Å². The molecule has 1 fully saturated rings. The van der Waals surface area contributed by atoms with Gasteiger partial charge in [0.15, 0.2) is 0 Å². The van der Waals surface area contributed by atoms with Crippen molar-refractivity contribution in [2.24, 2.45) is 0 Å². The summed E-state index contributed by atoms with van der Waals surface area (Å²) >= 11 is 3.41. The van der Waals surface area contributed by atoms with Crippen molar-refractivity contribution in [1.82, 2.24) is 4.98 Å². The topological polar surface area (TPSA) is 51.6 Å². The third-order valence-electron chi connectivity index (χ3n) is 3.08. The molecule has 1 aliphatic rings. The van der Waals surface area contributed by atoms with Gasteiger partial charge >= 0.3 is 0 Å². The largest absolute Gasteiger partial charge is 0.478 e. The van der Waals surface area contributed by atoms with Gasteiger partial charge in [0.05, 0.1) is 19.8 Å². The molecule has 0 bridgehead atoms. The number of aromatic nitrogens is 1. The molecule has 0 aromatic carbocycles. The van der Waals surface area contributed by atoms with Crippen LogP contribution in [0.5, 0.6) is 5.88 Å². The smallest absolute Gasteiger partial charge is 0.217 e. The average molecular weight is 302 g/mol. The molecule has 1 saturated heterocycles. The van der Waals surface area contributed by atoms with Crippen LogP contribution in [0.2, 0.25) is 0 Å². The zero-order chi connectivity index (χ0) is 12.3. The van der Waals surface area contributed by atoms with Gasteiger partial charge < -0.3 is 14.6 Å². The summed E-state index contributed by atoms with van der Waals surface area (Å²) in [5, 5.41) is 9.67. The molecular formula is C12H16BrNO3. The Labute approximate surface area is 109 Å². The van der Waals surface area contributed by atoms with E-state index in [0.29, 0.717) is 25.7 Å². The van der Waals surface area contributed by atoms with Crippen molar-refractivity contribution in [3.8, 4) is 5.88 Å². The third-order valence-corrected chi connectivity index (χ3v) is 3.51. The van der Waals surface area contributed by atoms with E-state index in [-0.39, 0.29) is 12.0 Å². The monoisotopic (exact) mass is 301 g/mol. The first-order valence-electron chi connectivity index (χ1n) is 5.69. The van der Waals surface area contributed by atoms with E-state index in [1.54, 1.807) is 6.20 Å². The highest BCUT2D eigenvalue weighted by Gasteiger charge is 2.39. The van der Waals surface area contributed by atoms with Gasteiger partial charge in [-0.15, -0.1) is 0 Å². The SMILES string of the molecule is CCOc1ncc(Br)cc1[C@]1(CO)CCOC1. The van der Waals surface area contributed by atoms with Crippen LogP contribution >= 0.6 is 15.9 Å². The number of rotatable bonds is 4. The van der Waals surface area contributed by atoms with E-state index in [2.05, 4.69) is 20.9 Å². The normalized spacial score (nSPS) is 23.9. The van der Waals surface area contributed by atoms with E-state index in [1.807, 2.05) is 13.0 Å². The number of aliphatic hydroxyl groups is 1. The molecule has 0 radical (unpaired) electrons. The lowest BCUT2D eigenvalue weighted by Crippen LogP contribution is -2.32. The Bertz CT molecular complexity index is 391. The number of nitrogens with zero attached hydrogens (tertiary/aromatic N) is 1. The summed E-state index contributed by atoms with van der Waals surface area (Å²) in [4.78, 5) is 4.27. The predicted molar refractivity (Wildman–Crippen MR) is 67.3 cm³/mol. The minimum Gasteiger partial charge on any atom is -0.478 e. The van der Waals surface area contributed by atoms with Gasteiger partial charge in [-0.25, -0.2) is 4.98 Å². The molecule has 5 heteroatoms. The highest BCUT2D eigenvalue weighted by molar-refractivity contribution is 9.10. The minimum atomic E-state index is -0.374. The molecule has 1 atom stereocenters. The van der Waals surface area contributed by atoms with Gasteiger partial charge in [-0.1, -0.05) is 0 Å². The number of aliphatic hydroxyl groups excluding tert-OH is 1. The second kappa shape index (κ2) is 5.33. The Balaban J connectivity index is 2.43. The van der Waals surface area contributed by atoms with Crippen molar-refractivity contribution in [2.45, 2.75) is 18.8 Å². The van der Waals surface area contributed by atoms with Crippen molar-refractivity contribution in [3.05, 3.63) is 22.3 Å². The van der Waals surface area contributed by atoms with E-state index in [9.17, 15) is 5.11 Å². The molecule has 1 N–H and O–H groups in total. The number of hydrogen-bond donors (Lipinski definition) is 1. The highest BCUT2D eigenvalue weighted by Crippen LogP contribution is 2.38. The lowest BCUT2D eigenvalue weighted by molar-refractivity contribution is 0.137. The van der Waals surface area contributed by atoms with E-state index in [4.69, 9.17) is 9.47 Å². The van der Waals surface area contributed by atoms with Crippen molar-refractivity contribution in [1.29, 1.82) is 0 Å². The Kier molecular flexibility index (Phi) is 4.01. The summed E-state index contributed by atoms with van der Waals surface area (Å²) in [6.07, 6.45) is 2.50. The lowest BCUT2D eigenvalue weighted by Gasteiger charge is -2.26. The van der Waals surface area contributed by atoms with Crippen molar-refractivity contribution in [2.75, 3.05) is 26.4 Å². The van der Waals surface area contributed by atoms with Crippen LogP contribution in [0.4, 0.5) is 0 Å². The van der Waals surface area contributed by atoms with Crippen molar-refractivity contribution >= 4 is 15.9 Å². The van der Waals surface area contributed by atoms with Crippen molar-refractivity contribution < 1.29 is 14.6 Å². The van der Waals surface area contributed by atoms with Crippen molar-refractivity contribution in [3.63, 3.8) is 0 Å². The molecule has 0 unspecified atom stereocenters. The summed E-state index contributed by atoms with van der Waals surface area (Å²) in [6.45, 7) is 3.71. The molecule has 2 rings (SSSR count). The molecule has 0 aliphatic carbocycles. The quantitative estimate of drug-likeness (QED) is 0.923. The van der Waals surface area contributed by atoms with E-state index in [0.717, 1.165) is 16.5 Å². The number of hydrogen-bond acceptors (Lipinski definition) is 4. The summed E-state index contributed by atoms with van der Waals surface area (Å²) in [7, 11) is 0. The summed E-state index contributed by atoms with van der Waals surface area (Å²) in [5.74, 6) is 0.593. The predicted octanol–water partition coefficient (Wildman–Crippen LogP) is 1.89. The number of pyridine rings is 1. The first-order valence-corrected chi connectivity index (χ1v) is 6.48. The van der Waals surface area contributed by atoms with Gasteiger partial charge in [-0.3, -0.25) is 0 Å². The molecule has 0 spiro atoms. The van der Waals surface area contributed by atoms with Gasteiger partial charge in [0.25, 0.3) is 0 Å². The zero-order valence-electron chi connectivity index (χ0n) is 9.78. The fourth-order valence-electron chi connectivity index (χ4n) is 2.09. The van der Waals surface area contributed by atoms with Gasteiger partial charge in [-0.05, 0) is 35.3 Å². The molecule has 4 nitrogen and oxygen atoms in total. The maximum absolute atomic E-state index is 9.67. The molecule has 1 aromatic heterocycles. The Morgan fingerprint density at radius 2 is 2.47 bits per heavy atom. The Morgan fingerprint density at radius 1 is 1.65 bits per heavy atom. The molecule has 0 amide bonds. The van der Waals surface area contributed by atoms with Gasteiger partial charge in [0.2, 0.25) is 5.88 Å². The van der Waals surface area contributed by atoms with Gasteiger partial charge in [0, 0.05) is 28.3 Å². The maximum atomic E-state index is 9.67. The van der Waals surface area contributed by atoms with Gasteiger partial charge in [-0.2, -0.15) is 0 Å². The second-order valence-corrected chi connectivity index (χ2v) is 5.10. The van der Waals surface area contributed by atoms with Crippen LogP contribution in [0.3, 0.4) is 0 Å². The third kappa shape index (κ3) is 2.46. The van der Waals surface area contributed by atoms with E-state index < -0.39 is 0 Å². The lowest BCUT2D eigenvalue weighted by atomic mass is 9.81. The summed E-state index contributed by atoms with van der Waals surface area (Å²) in [6, 6.07) is 1.96. The first-order chi connectivity index (χ1) is 8.22. The fraction of sp³-hybridized carbons (Fsp3) is 0.583. The van der Waals surface area contributed by atoms with E-state index >= 15 is 0 Å². The molecule has 1 aromatic rings. The second-order valence-electron chi connectivity index (χ2n) is 4.18. The summed E-state index contributed by atoms with van der Waals surface area (Å²) in [5.41, 5.74) is 0.551. The van der Waals surface area contributed by atoms with Crippen LogP contribution in [0, 0.1) is 0 Å². The minimum absolute atomic E-state index is 0.0468. The zero-order valence-corrected chi connectivity index (χ0v) is 11.4. The van der Waals surface area contributed by atoms with Crippen LogP contribution in [0.25, 0.3) is 0 Å². The van der Waals surface area contributed by atoms with Crippen LogP contribution in [-0.4, -0.2) is 36.5 Å². The van der Waals surface area contributed by atoms with Crippen LogP contribution < -0.4 is 4.74 Å². The Morgan fingerprint density at radius 3 is 3.06 bits per heavy atom.